The number of methoxy groups -OCH3 is 2. The Bertz CT molecular complexity index is 1310. The van der Waals surface area contributed by atoms with Gasteiger partial charge in [-0.05, 0) is 65.9 Å². The van der Waals surface area contributed by atoms with Crippen molar-refractivity contribution in [2.75, 3.05) is 20.8 Å². The summed E-state index contributed by atoms with van der Waals surface area (Å²) in [7, 11) is -0.783. The average Bonchev–Trinajstić information content (AvgIpc) is 2.88. The van der Waals surface area contributed by atoms with Gasteiger partial charge >= 0.3 is 0 Å². The molecule has 1 aliphatic heterocycles. The highest BCUT2D eigenvalue weighted by Crippen LogP contribution is 2.30. The summed E-state index contributed by atoms with van der Waals surface area (Å²) in [5, 5.41) is 3.36. The van der Waals surface area contributed by atoms with E-state index in [4.69, 9.17) is 21.1 Å². The topological polar surface area (TPSA) is 84.9 Å². The number of amides is 1. The first-order valence-corrected chi connectivity index (χ1v) is 13.0. The van der Waals surface area contributed by atoms with Gasteiger partial charge in [0.05, 0.1) is 19.1 Å². The number of benzene rings is 3. The molecule has 0 spiro atoms. The second kappa shape index (κ2) is 10.7. The van der Waals surface area contributed by atoms with Crippen LogP contribution in [0.1, 0.15) is 16.7 Å². The molecule has 3 aromatic rings. The molecule has 1 heterocycles. The number of nitrogens with zero attached hydrogens (tertiary/aromatic N) is 1. The first kappa shape index (κ1) is 25.0. The number of ether oxygens (including phenoxy) is 2. The minimum absolute atomic E-state index is 0.101. The molecule has 4 rings (SSSR count). The molecule has 3 aromatic carbocycles. The number of hydrogen-bond acceptors (Lipinski definition) is 5. The Balaban J connectivity index is 1.53. The van der Waals surface area contributed by atoms with Crippen LogP contribution in [0, 0.1) is 0 Å². The lowest BCUT2D eigenvalue weighted by atomic mass is 9.95. The molecule has 0 aliphatic carbocycles. The Labute approximate surface area is 210 Å². The van der Waals surface area contributed by atoms with Crippen LogP contribution in [-0.4, -0.2) is 45.4 Å². The van der Waals surface area contributed by atoms with Gasteiger partial charge in [0.25, 0.3) is 0 Å². The molecule has 184 valence electrons. The number of rotatable bonds is 8. The van der Waals surface area contributed by atoms with Gasteiger partial charge in [-0.3, -0.25) is 4.79 Å². The summed E-state index contributed by atoms with van der Waals surface area (Å²) in [4.78, 5) is 13.4. The largest absolute Gasteiger partial charge is 0.493 e. The Hall–Kier alpha value is -3.07. The summed E-state index contributed by atoms with van der Waals surface area (Å²) in [6, 6.07) is 18.3. The molecule has 1 aliphatic rings. The molecular formula is C26H27ClN2O5S. The summed E-state index contributed by atoms with van der Waals surface area (Å²) in [5.74, 6) is 0.905. The third kappa shape index (κ3) is 5.45. The van der Waals surface area contributed by atoms with Gasteiger partial charge in [0.1, 0.15) is 6.04 Å². The zero-order valence-corrected chi connectivity index (χ0v) is 21.1. The first-order chi connectivity index (χ1) is 16.8. The van der Waals surface area contributed by atoms with Crippen LogP contribution in [0.15, 0.2) is 71.6 Å². The van der Waals surface area contributed by atoms with Gasteiger partial charge in [-0.15, -0.1) is 0 Å². The van der Waals surface area contributed by atoms with Crippen molar-refractivity contribution in [2.45, 2.75) is 30.3 Å². The minimum atomic E-state index is -3.93. The molecule has 1 atom stereocenters. The van der Waals surface area contributed by atoms with Crippen LogP contribution in [0.5, 0.6) is 11.5 Å². The lowest BCUT2D eigenvalue weighted by Crippen LogP contribution is -2.52. The summed E-state index contributed by atoms with van der Waals surface area (Å²) in [5.41, 5.74) is 2.82. The van der Waals surface area contributed by atoms with E-state index in [1.165, 1.54) is 28.6 Å². The number of halogens is 1. The normalized spacial score (nSPS) is 15.8. The standard InChI is InChI=1S/C26H27ClN2O5S/c1-33-24-12-7-18(15-25(24)34-2)13-14-28-26(30)23-16-19-5-3-4-6-20(19)17-29(23)35(31,32)22-10-8-21(27)9-11-22/h3-12,15,23H,13-14,16-17H2,1-2H3,(H,28,30)/t23-/m1/s1. The second-order valence-electron chi connectivity index (χ2n) is 8.22. The van der Waals surface area contributed by atoms with Crippen molar-refractivity contribution in [2.24, 2.45) is 0 Å². The fourth-order valence-electron chi connectivity index (χ4n) is 4.20. The highest BCUT2D eigenvalue weighted by atomic mass is 35.5. The molecule has 35 heavy (non-hydrogen) atoms. The van der Waals surface area contributed by atoms with Gasteiger partial charge in [-0.1, -0.05) is 41.9 Å². The predicted octanol–water partition coefficient (Wildman–Crippen LogP) is 3.83. The molecular weight excluding hydrogens is 488 g/mol. The maximum atomic E-state index is 13.5. The fraction of sp³-hybridized carbons (Fsp3) is 0.269. The highest BCUT2D eigenvalue weighted by Gasteiger charge is 2.39. The van der Waals surface area contributed by atoms with Gasteiger partial charge in [-0.25, -0.2) is 8.42 Å². The molecule has 1 amide bonds. The van der Waals surface area contributed by atoms with Crippen molar-refractivity contribution in [3.8, 4) is 11.5 Å². The number of nitrogens with one attached hydrogen (secondary N) is 1. The van der Waals surface area contributed by atoms with Gasteiger partial charge in [0.15, 0.2) is 11.5 Å². The Morgan fingerprint density at radius 2 is 1.69 bits per heavy atom. The number of carbonyl (C=O) groups is 1. The van der Waals surface area contributed by atoms with Crippen molar-refractivity contribution in [3.05, 3.63) is 88.4 Å². The zero-order chi connectivity index (χ0) is 25.0. The van der Waals surface area contributed by atoms with Crippen molar-refractivity contribution in [1.29, 1.82) is 0 Å². The van der Waals surface area contributed by atoms with E-state index in [2.05, 4.69) is 5.32 Å². The van der Waals surface area contributed by atoms with E-state index >= 15 is 0 Å². The quantitative estimate of drug-likeness (QED) is 0.494. The lowest BCUT2D eigenvalue weighted by Gasteiger charge is -2.35. The third-order valence-corrected chi connectivity index (χ3v) is 8.21. The molecule has 0 unspecified atom stereocenters. The molecule has 9 heteroatoms. The average molecular weight is 515 g/mol. The molecule has 0 aromatic heterocycles. The van der Waals surface area contributed by atoms with Gasteiger partial charge < -0.3 is 14.8 Å². The number of sulfonamides is 1. The molecule has 0 saturated heterocycles. The van der Waals surface area contributed by atoms with E-state index in [9.17, 15) is 13.2 Å². The minimum Gasteiger partial charge on any atom is -0.493 e. The van der Waals surface area contributed by atoms with E-state index in [1.807, 2.05) is 42.5 Å². The van der Waals surface area contributed by atoms with E-state index in [0.29, 0.717) is 35.9 Å². The third-order valence-electron chi connectivity index (χ3n) is 6.09. The van der Waals surface area contributed by atoms with Gasteiger partial charge in [-0.2, -0.15) is 4.31 Å². The highest BCUT2D eigenvalue weighted by molar-refractivity contribution is 7.89. The van der Waals surface area contributed by atoms with Crippen LogP contribution < -0.4 is 14.8 Å². The SMILES string of the molecule is COc1ccc(CCNC(=O)[C@H]2Cc3ccccc3CN2S(=O)(=O)c2ccc(Cl)cc2)cc1OC. The monoisotopic (exact) mass is 514 g/mol. The number of carbonyl (C=O) groups excluding carboxylic acids is 1. The summed E-state index contributed by atoms with van der Waals surface area (Å²) in [6.07, 6.45) is 0.852. The van der Waals surface area contributed by atoms with Gasteiger partial charge in [0, 0.05) is 18.1 Å². The summed E-state index contributed by atoms with van der Waals surface area (Å²) < 4.78 is 38.9. The van der Waals surface area contributed by atoms with Crippen LogP contribution in [0.2, 0.25) is 5.02 Å². The van der Waals surface area contributed by atoms with Crippen molar-refractivity contribution < 1.29 is 22.7 Å². The van der Waals surface area contributed by atoms with E-state index in [0.717, 1.165) is 16.7 Å². The number of hydrogen-bond donors (Lipinski definition) is 1. The van der Waals surface area contributed by atoms with Crippen molar-refractivity contribution >= 4 is 27.5 Å². The molecule has 0 bridgehead atoms. The Morgan fingerprint density at radius 1 is 1.00 bits per heavy atom. The van der Waals surface area contributed by atoms with Gasteiger partial charge in [0.2, 0.25) is 15.9 Å². The van der Waals surface area contributed by atoms with Crippen molar-refractivity contribution in [1.82, 2.24) is 9.62 Å². The Kier molecular flexibility index (Phi) is 7.64. The van der Waals surface area contributed by atoms with Crippen LogP contribution in [0.3, 0.4) is 0 Å². The number of fused-ring (bicyclic) bond motifs is 1. The van der Waals surface area contributed by atoms with Crippen LogP contribution in [-0.2, 0) is 34.2 Å². The van der Waals surface area contributed by atoms with E-state index < -0.39 is 16.1 Å². The summed E-state index contributed by atoms with van der Waals surface area (Å²) >= 11 is 5.95. The predicted molar refractivity (Wildman–Crippen MR) is 134 cm³/mol. The molecule has 0 fully saturated rings. The Morgan fingerprint density at radius 3 is 2.37 bits per heavy atom. The smallest absolute Gasteiger partial charge is 0.244 e. The second-order valence-corrected chi connectivity index (χ2v) is 10.6. The van der Waals surface area contributed by atoms with E-state index in [-0.39, 0.29) is 17.3 Å². The van der Waals surface area contributed by atoms with E-state index in [1.54, 1.807) is 14.2 Å². The van der Waals surface area contributed by atoms with Crippen LogP contribution >= 0.6 is 11.6 Å². The lowest BCUT2D eigenvalue weighted by molar-refractivity contribution is -0.125. The maximum absolute atomic E-state index is 13.5. The summed E-state index contributed by atoms with van der Waals surface area (Å²) in [6.45, 7) is 0.468. The van der Waals surface area contributed by atoms with Crippen LogP contribution in [0.4, 0.5) is 0 Å². The first-order valence-electron chi connectivity index (χ1n) is 11.2. The van der Waals surface area contributed by atoms with Crippen molar-refractivity contribution in [3.63, 3.8) is 0 Å². The molecule has 7 nitrogen and oxygen atoms in total. The van der Waals surface area contributed by atoms with Crippen LogP contribution in [0.25, 0.3) is 0 Å². The molecule has 1 N–H and O–H groups in total. The fourth-order valence-corrected chi connectivity index (χ4v) is 5.89. The molecule has 0 saturated carbocycles. The maximum Gasteiger partial charge on any atom is 0.244 e. The molecule has 0 radical (unpaired) electrons. The zero-order valence-electron chi connectivity index (χ0n) is 19.5.